The molecule has 0 fully saturated rings. The summed E-state index contributed by atoms with van der Waals surface area (Å²) in [4.78, 5) is 10.5. The summed E-state index contributed by atoms with van der Waals surface area (Å²) in [6, 6.07) is 0.668. The van der Waals surface area contributed by atoms with Crippen LogP contribution in [-0.4, -0.2) is 24.2 Å². The number of carbonyl (C=O) groups is 1. The van der Waals surface area contributed by atoms with Gasteiger partial charge in [0.25, 0.3) is 0 Å². The van der Waals surface area contributed by atoms with Crippen molar-refractivity contribution in [2.75, 3.05) is 7.05 Å². The fourth-order valence-corrected chi connectivity index (χ4v) is 1.47. The fraction of sp³-hybridized carbons (Fsp3) is 0.462. The van der Waals surface area contributed by atoms with Gasteiger partial charge in [0.05, 0.1) is 6.42 Å². The second-order valence-corrected chi connectivity index (χ2v) is 3.65. The molecule has 0 aromatic heterocycles. The number of hydrogen-bond acceptors (Lipinski definition) is 2. The standard InChI is InChI=1S/C11H12F3NO2.C2H6/c1-15-7(4-11(16)17)2-6-3-9(13)10(14)5-8(6)12;1-2/h3,5,7,15H,2,4H2,1H3,(H,16,17);1-2H3. The molecule has 1 unspecified atom stereocenters. The normalized spacial score (nSPS) is 11.5. The Morgan fingerprint density at radius 3 is 2.21 bits per heavy atom. The van der Waals surface area contributed by atoms with E-state index in [1.165, 1.54) is 7.05 Å². The molecule has 0 saturated carbocycles. The number of benzene rings is 1. The van der Waals surface area contributed by atoms with Gasteiger partial charge in [-0.3, -0.25) is 4.79 Å². The van der Waals surface area contributed by atoms with Crippen LogP contribution in [0.2, 0.25) is 0 Å². The monoisotopic (exact) mass is 277 g/mol. The molecule has 1 aromatic carbocycles. The molecular formula is C13H18F3NO2. The number of nitrogens with one attached hydrogen (secondary N) is 1. The van der Waals surface area contributed by atoms with Gasteiger partial charge in [0.2, 0.25) is 0 Å². The molecule has 0 aliphatic heterocycles. The summed E-state index contributed by atoms with van der Waals surface area (Å²) in [7, 11) is 1.52. The van der Waals surface area contributed by atoms with Crippen LogP contribution in [-0.2, 0) is 11.2 Å². The second-order valence-electron chi connectivity index (χ2n) is 3.65. The Morgan fingerprint density at radius 2 is 1.74 bits per heavy atom. The molecule has 108 valence electrons. The Labute approximate surface area is 110 Å². The summed E-state index contributed by atoms with van der Waals surface area (Å²) in [5.74, 6) is -4.33. The van der Waals surface area contributed by atoms with E-state index in [4.69, 9.17) is 5.11 Å². The van der Waals surface area contributed by atoms with Crippen molar-refractivity contribution in [2.45, 2.75) is 32.7 Å². The number of halogens is 3. The third-order valence-electron chi connectivity index (χ3n) is 2.38. The molecule has 1 atom stereocenters. The molecule has 1 aromatic rings. The minimum atomic E-state index is -1.26. The van der Waals surface area contributed by atoms with E-state index in [-0.39, 0.29) is 18.4 Å². The van der Waals surface area contributed by atoms with Crippen molar-refractivity contribution < 1.29 is 23.1 Å². The first-order chi connectivity index (χ1) is 8.93. The molecule has 0 aliphatic carbocycles. The van der Waals surface area contributed by atoms with E-state index < -0.39 is 29.5 Å². The smallest absolute Gasteiger partial charge is 0.304 e. The SMILES string of the molecule is CC.CNC(CC(=O)O)Cc1cc(F)c(F)cc1F. The maximum absolute atomic E-state index is 13.3. The molecule has 0 saturated heterocycles. The van der Waals surface area contributed by atoms with Gasteiger partial charge in [0, 0.05) is 12.1 Å². The van der Waals surface area contributed by atoms with Gasteiger partial charge in [-0.2, -0.15) is 0 Å². The van der Waals surface area contributed by atoms with Crippen LogP contribution in [0.4, 0.5) is 13.2 Å². The molecule has 2 N–H and O–H groups in total. The summed E-state index contributed by atoms with van der Waals surface area (Å²) in [5, 5.41) is 11.3. The summed E-state index contributed by atoms with van der Waals surface area (Å²) < 4.78 is 38.8. The van der Waals surface area contributed by atoms with Crippen LogP contribution >= 0.6 is 0 Å². The van der Waals surface area contributed by atoms with Crippen molar-refractivity contribution in [1.82, 2.24) is 5.32 Å². The van der Waals surface area contributed by atoms with E-state index >= 15 is 0 Å². The third kappa shape index (κ3) is 5.74. The Kier molecular flexibility index (Phi) is 7.83. The Morgan fingerprint density at radius 1 is 1.21 bits per heavy atom. The molecule has 1 rings (SSSR count). The molecule has 0 spiro atoms. The molecule has 0 bridgehead atoms. The first kappa shape index (κ1) is 17.4. The Hall–Kier alpha value is -1.56. The van der Waals surface area contributed by atoms with Gasteiger partial charge >= 0.3 is 5.97 Å². The lowest BCUT2D eigenvalue weighted by atomic mass is 10.0. The first-order valence-electron chi connectivity index (χ1n) is 5.96. The van der Waals surface area contributed by atoms with E-state index in [9.17, 15) is 18.0 Å². The molecule has 0 aliphatic rings. The number of carboxylic acid groups (broad SMARTS) is 1. The van der Waals surface area contributed by atoms with E-state index in [1.54, 1.807) is 0 Å². The number of hydrogen-bond donors (Lipinski definition) is 2. The lowest BCUT2D eigenvalue weighted by Crippen LogP contribution is -2.30. The summed E-state index contributed by atoms with van der Waals surface area (Å²) in [6.07, 6.45) is -0.249. The zero-order valence-corrected chi connectivity index (χ0v) is 11.1. The zero-order valence-electron chi connectivity index (χ0n) is 11.1. The number of carboxylic acids is 1. The number of likely N-dealkylation sites (N-methyl/N-ethyl adjacent to an activating group) is 1. The number of aliphatic carboxylic acids is 1. The maximum atomic E-state index is 13.3. The van der Waals surface area contributed by atoms with E-state index in [2.05, 4.69) is 5.32 Å². The fourth-order valence-electron chi connectivity index (χ4n) is 1.47. The maximum Gasteiger partial charge on any atom is 0.304 e. The highest BCUT2D eigenvalue weighted by molar-refractivity contribution is 5.67. The first-order valence-corrected chi connectivity index (χ1v) is 5.96. The number of rotatable bonds is 5. The lowest BCUT2D eigenvalue weighted by molar-refractivity contribution is -0.137. The van der Waals surface area contributed by atoms with Crippen LogP contribution in [0.15, 0.2) is 12.1 Å². The molecular weight excluding hydrogens is 259 g/mol. The van der Waals surface area contributed by atoms with E-state index in [1.807, 2.05) is 13.8 Å². The average molecular weight is 277 g/mol. The van der Waals surface area contributed by atoms with Crippen molar-refractivity contribution >= 4 is 5.97 Å². The van der Waals surface area contributed by atoms with Gasteiger partial charge in [0.15, 0.2) is 11.6 Å². The van der Waals surface area contributed by atoms with Crippen LogP contribution in [0.1, 0.15) is 25.8 Å². The minimum Gasteiger partial charge on any atom is -0.481 e. The Bertz CT molecular complexity index is 425. The van der Waals surface area contributed by atoms with Crippen molar-refractivity contribution in [2.24, 2.45) is 0 Å². The molecule has 3 nitrogen and oxygen atoms in total. The third-order valence-corrected chi connectivity index (χ3v) is 2.38. The Balaban J connectivity index is 0.00000154. The topological polar surface area (TPSA) is 49.3 Å². The second kappa shape index (κ2) is 8.53. The zero-order chi connectivity index (χ0) is 15.0. The van der Waals surface area contributed by atoms with Crippen molar-refractivity contribution in [3.63, 3.8) is 0 Å². The molecule has 0 amide bonds. The predicted molar refractivity (Wildman–Crippen MR) is 66.5 cm³/mol. The lowest BCUT2D eigenvalue weighted by Gasteiger charge is -2.14. The van der Waals surface area contributed by atoms with Gasteiger partial charge in [-0.05, 0) is 25.1 Å². The summed E-state index contributed by atoms with van der Waals surface area (Å²) >= 11 is 0. The highest BCUT2D eigenvalue weighted by atomic mass is 19.2. The van der Waals surface area contributed by atoms with Gasteiger partial charge in [-0.1, -0.05) is 13.8 Å². The van der Waals surface area contributed by atoms with Gasteiger partial charge < -0.3 is 10.4 Å². The quantitative estimate of drug-likeness (QED) is 0.814. The van der Waals surface area contributed by atoms with Gasteiger partial charge in [-0.25, -0.2) is 13.2 Å². The summed E-state index contributed by atoms with van der Waals surface area (Å²) in [5.41, 5.74) is -0.0514. The van der Waals surface area contributed by atoms with Crippen LogP contribution in [0.25, 0.3) is 0 Å². The minimum absolute atomic E-state index is 0.0220. The van der Waals surface area contributed by atoms with Crippen LogP contribution in [0, 0.1) is 17.5 Å². The summed E-state index contributed by atoms with van der Waals surface area (Å²) in [6.45, 7) is 4.00. The van der Waals surface area contributed by atoms with E-state index in [0.29, 0.717) is 6.07 Å². The average Bonchev–Trinajstić information content (AvgIpc) is 2.36. The van der Waals surface area contributed by atoms with Crippen molar-refractivity contribution in [3.05, 3.63) is 35.1 Å². The van der Waals surface area contributed by atoms with Crippen molar-refractivity contribution in [3.8, 4) is 0 Å². The molecule has 0 heterocycles. The van der Waals surface area contributed by atoms with E-state index in [0.717, 1.165) is 6.07 Å². The highest BCUT2D eigenvalue weighted by Crippen LogP contribution is 2.16. The molecule has 6 heteroatoms. The highest BCUT2D eigenvalue weighted by Gasteiger charge is 2.16. The predicted octanol–water partition coefficient (Wildman–Crippen LogP) is 2.74. The van der Waals surface area contributed by atoms with Crippen molar-refractivity contribution in [1.29, 1.82) is 0 Å². The molecule has 0 radical (unpaired) electrons. The molecule has 19 heavy (non-hydrogen) atoms. The largest absolute Gasteiger partial charge is 0.481 e. The van der Waals surface area contributed by atoms with Gasteiger partial charge in [0.1, 0.15) is 5.82 Å². The van der Waals surface area contributed by atoms with Crippen LogP contribution in [0.5, 0.6) is 0 Å². The van der Waals surface area contributed by atoms with Crippen LogP contribution in [0.3, 0.4) is 0 Å². The van der Waals surface area contributed by atoms with Crippen LogP contribution < -0.4 is 5.32 Å². The van der Waals surface area contributed by atoms with Gasteiger partial charge in [-0.15, -0.1) is 0 Å².